The van der Waals surface area contributed by atoms with Crippen LogP contribution in [-0.2, 0) is 0 Å². The maximum Gasteiger partial charge on any atom is 0.287 e. The van der Waals surface area contributed by atoms with Crippen LogP contribution in [0.2, 0.25) is 0 Å². The van der Waals surface area contributed by atoms with Crippen LogP contribution in [0.4, 0.5) is 4.39 Å². The Bertz CT molecular complexity index is 843. The van der Waals surface area contributed by atoms with Crippen LogP contribution in [0.25, 0.3) is 11.3 Å². The quantitative estimate of drug-likeness (QED) is 0.719. The average Bonchev–Trinajstić information content (AvgIpc) is 3.27. The maximum absolute atomic E-state index is 13.8. The lowest BCUT2D eigenvalue weighted by molar-refractivity contribution is 0.0915. The Morgan fingerprint density at radius 1 is 1.24 bits per heavy atom. The Hall–Kier alpha value is -2.44. The molecule has 0 aliphatic rings. The van der Waals surface area contributed by atoms with Gasteiger partial charge in [0.15, 0.2) is 5.76 Å². The summed E-state index contributed by atoms with van der Waals surface area (Å²) in [6, 6.07) is 11.6. The minimum absolute atomic E-state index is 0.0798. The number of halogens is 1. The van der Waals surface area contributed by atoms with E-state index in [1.807, 2.05) is 25.5 Å². The van der Waals surface area contributed by atoms with E-state index in [2.05, 4.69) is 15.6 Å². The smallest absolute Gasteiger partial charge is 0.287 e. The monoisotopic (exact) mass is 358 g/mol. The zero-order chi connectivity index (χ0) is 17.8. The molecule has 6 heteroatoms. The zero-order valence-electron chi connectivity index (χ0n) is 14.0. The average molecular weight is 358 g/mol. The molecule has 0 spiro atoms. The second kappa shape index (κ2) is 7.63. The summed E-state index contributed by atoms with van der Waals surface area (Å²) in [5.41, 5.74) is 1.49. The van der Waals surface area contributed by atoms with Gasteiger partial charge in [-0.25, -0.2) is 4.39 Å². The predicted octanol–water partition coefficient (Wildman–Crippen LogP) is 4.18. The lowest BCUT2D eigenvalue weighted by Gasteiger charge is -2.23. The molecule has 2 heterocycles. The van der Waals surface area contributed by atoms with E-state index in [4.69, 9.17) is 4.42 Å². The highest BCUT2D eigenvalue weighted by atomic mass is 32.1. The third-order valence-electron chi connectivity index (χ3n) is 3.98. The number of nitrogens with zero attached hydrogens (tertiary/aromatic N) is 1. The van der Waals surface area contributed by atoms with E-state index in [9.17, 15) is 9.18 Å². The summed E-state index contributed by atoms with van der Waals surface area (Å²) in [6.45, 7) is 0.457. The van der Waals surface area contributed by atoms with Crippen LogP contribution in [0.1, 0.15) is 22.2 Å². The van der Waals surface area contributed by atoms with Crippen LogP contribution in [0.3, 0.4) is 0 Å². The minimum Gasteiger partial charge on any atom is -0.451 e. The fraction of sp³-hybridized carbons (Fsp3) is 0.211. The molecule has 0 saturated heterocycles. The number of nitrogens with one attached hydrogen (secondary N) is 1. The normalized spacial score (nSPS) is 12.3. The summed E-state index contributed by atoms with van der Waals surface area (Å²) in [5.74, 6) is -0.190. The first kappa shape index (κ1) is 17.4. The van der Waals surface area contributed by atoms with Crippen LogP contribution >= 0.6 is 11.3 Å². The number of hydrogen-bond donors (Lipinski definition) is 1. The number of benzene rings is 1. The van der Waals surface area contributed by atoms with Crippen LogP contribution in [0.15, 0.2) is 57.6 Å². The fourth-order valence-electron chi connectivity index (χ4n) is 2.61. The molecular weight excluding hydrogens is 339 g/mol. The molecular formula is C19H19FN2O2S. The zero-order valence-corrected chi connectivity index (χ0v) is 14.8. The third-order valence-corrected chi connectivity index (χ3v) is 4.68. The Morgan fingerprint density at radius 3 is 2.72 bits per heavy atom. The molecule has 0 aliphatic carbocycles. The molecule has 0 fully saturated rings. The van der Waals surface area contributed by atoms with Crippen molar-refractivity contribution < 1.29 is 13.6 Å². The molecule has 3 rings (SSSR count). The fourth-order valence-corrected chi connectivity index (χ4v) is 3.31. The highest BCUT2D eigenvalue weighted by molar-refractivity contribution is 7.07. The number of furan rings is 1. The van der Waals surface area contributed by atoms with Crippen molar-refractivity contribution in [2.75, 3.05) is 20.6 Å². The second-order valence-corrected chi connectivity index (χ2v) is 6.67. The Balaban J connectivity index is 1.69. The Labute approximate surface area is 149 Å². The van der Waals surface area contributed by atoms with Crippen molar-refractivity contribution in [3.63, 3.8) is 0 Å². The van der Waals surface area contributed by atoms with Gasteiger partial charge in [0, 0.05) is 6.54 Å². The molecule has 2 aromatic heterocycles. The molecule has 1 aromatic carbocycles. The van der Waals surface area contributed by atoms with Gasteiger partial charge in [-0.05, 0) is 60.8 Å². The van der Waals surface area contributed by atoms with Gasteiger partial charge in [0.05, 0.1) is 11.6 Å². The van der Waals surface area contributed by atoms with E-state index < -0.39 is 0 Å². The van der Waals surface area contributed by atoms with Gasteiger partial charge >= 0.3 is 0 Å². The number of hydrogen-bond acceptors (Lipinski definition) is 4. The summed E-state index contributed by atoms with van der Waals surface area (Å²) < 4.78 is 19.4. The second-order valence-electron chi connectivity index (χ2n) is 5.89. The van der Waals surface area contributed by atoms with E-state index in [0.29, 0.717) is 17.9 Å². The van der Waals surface area contributed by atoms with Crippen LogP contribution in [0, 0.1) is 5.82 Å². The molecule has 3 aromatic rings. The van der Waals surface area contributed by atoms with E-state index in [1.54, 1.807) is 41.7 Å². The summed E-state index contributed by atoms with van der Waals surface area (Å²) >= 11 is 1.62. The third kappa shape index (κ3) is 3.97. The number of thiophene rings is 1. The van der Waals surface area contributed by atoms with Gasteiger partial charge in [-0.15, -0.1) is 0 Å². The Morgan fingerprint density at radius 2 is 2.04 bits per heavy atom. The topological polar surface area (TPSA) is 45.5 Å². The van der Waals surface area contributed by atoms with Gasteiger partial charge in [-0.1, -0.05) is 12.1 Å². The summed E-state index contributed by atoms with van der Waals surface area (Å²) in [7, 11) is 3.94. The Kier molecular flexibility index (Phi) is 5.31. The number of likely N-dealkylation sites (N-methyl/N-ethyl adjacent to an activating group) is 1. The van der Waals surface area contributed by atoms with Gasteiger partial charge in [0.2, 0.25) is 0 Å². The highest BCUT2D eigenvalue weighted by Gasteiger charge is 2.18. The van der Waals surface area contributed by atoms with E-state index >= 15 is 0 Å². The summed E-state index contributed by atoms with van der Waals surface area (Å²) in [6.07, 6.45) is 0. The number of rotatable bonds is 6. The van der Waals surface area contributed by atoms with Crippen molar-refractivity contribution in [3.05, 3.63) is 70.4 Å². The molecule has 1 atom stereocenters. The largest absolute Gasteiger partial charge is 0.451 e. The molecule has 130 valence electrons. The molecule has 0 aliphatic heterocycles. The lowest BCUT2D eigenvalue weighted by atomic mass is 10.1. The molecule has 1 N–H and O–H groups in total. The van der Waals surface area contributed by atoms with Crippen molar-refractivity contribution in [1.29, 1.82) is 0 Å². The van der Waals surface area contributed by atoms with Crippen LogP contribution in [0.5, 0.6) is 0 Å². The molecule has 4 nitrogen and oxygen atoms in total. The van der Waals surface area contributed by atoms with Crippen molar-refractivity contribution >= 4 is 17.2 Å². The van der Waals surface area contributed by atoms with Gasteiger partial charge < -0.3 is 14.6 Å². The first-order valence-corrected chi connectivity index (χ1v) is 8.82. The first-order valence-electron chi connectivity index (χ1n) is 7.87. The SMILES string of the molecule is CN(C)C(CNC(=O)c1ccc(-c2ccccc2F)o1)c1ccsc1. The van der Waals surface area contributed by atoms with Crippen molar-refractivity contribution in [1.82, 2.24) is 10.2 Å². The standard InChI is InChI=1S/C19H19FN2O2S/c1-22(2)16(13-9-10-25-12-13)11-21-19(23)18-8-7-17(24-18)14-5-3-4-6-15(14)20/h3-10,12,16H,11H2,1-2H3,(H,21,23). The van der Waals surface area contributed by atoms with E-state index in [-0.39, 0.29) is 23.5 Å². The van der Waals surface area contributed by atoms with Gasteiger partial charge in [0.25, 0.3) is 5.91 Å². The highest BCUT2D eigenvalue weighted by Crippen LogP contribution is 2.25. The van der Waals surface area contributed by atoms with Crippen molar-refractivity contribution in [2.45, 2.75) is 6.04 Å². The first-order chi connectivity index (χ1) is 12.1. The van der Waals surface area contributed by atoms with Crippen molar-refractivity contribution in [2.24, 2.45) is 0 Å². The molecule has 25 heavy (non-hydrogen) atoms. The number of carbonyl (C=O) groups excluding carboxylic acids is 1. The minimum atomic E-state index is -0.381. The van der Waals surface area contributed by atoms with Gasteiger partial charge in [-0.2, -0.15) is 11.3 Å². The predicted molar refractivity (Wildman–Crippen MR) is 97.2 cm³/mol. The number of carbonyl (C=O) groups is 1. The van der Waals surface area contributed by atoms with E-state index in [0.717, 1.165) is 5.56 Å². The molecule has 0 saturated carbocycles. The molecule has 0 bridgehead atoms. The molecule has 0 radical (unpaired) electrons. The van der Waals surface area contributed by atoms with Crippen molar-refractivity contribution in [3.8, 4) is 11.3 Å². The number of amides is 1. The maximum atomic E-state index is 13.8. The summed E-state index contributed by atoms with van der Waals surface area (Å²) in [4.78, 5) is 14.4. The van der Waals surface area contributed by atoms with E-state index in [1.165, 1.54) is 6.07 Å². The molecule has 1 unspecified atom stereocenters. The van der Waals surface area contributed by atoms with Gasteiger partial charge in [0.1, 0.15) is 11.6 Å². The van der Waals surface area contributed by atoms with Gasteiger partial charge in [-0.3, -0.25) is 4.79 Å². The molecule has 1 amide bonds. The van der Waals surface area contributed by atoms with Crippen LogP contribution in [-0.4, -0.2) is 31.4 Å². The van der Waals surface area contributed by atoms with Crippen LogP contribution < -0.4 is 5.32 Å². The lowest BCUT2D eigenvalue weighted by Crippen LogP contribution is -2.34. The summed E-state index contributed by atoms with van der Waals surface area (Å²) in [5, 5.41) is 6.97.